The summed E-state index contributed by atoms with van der Waals surface area (Å²) >= 11 is 7.32. The smallest absolute Gasteiger partial charge is 0.129 e. The monoisotopic (exact) mass is 281 g/mol. The number of benzene rings is 2. The molecule has 0 aromatic heterocycles. The molecular weight excluding hydrogens is 269 g/mol. The van der Waals surface area contributed by atoms with Crippen LogP contribution in [0.3, 0.4) is 0 Å². The van der Waals surface area contributed by atoms with E-state index in [9.17, 15) is 4.39 Å². The molecule has 0 aliphatic carbocycles. The van der Waals surface area contributed by atoms with Crippen LogP contribution in [0.1, 0.15) is 18.5 Å². The van der Waals surface area contributed by atoms with Gasteiger partial charge in [-0.25, -0.2) is 4.39 Å². The highest BCUT2D eigenvalue weighted by molar-refractivity contribution is 7.99. The summed E-state index contributed by atoms with van der Waals surface area (Å²) < 4.78 is 13.8. The highest BCUT2D eigenvalue weighted by Gasteiger charge is 2.13. The average Bonchev–Trinajstić information content (AvgIpc) is 2.32. The zero-order valence-electron chi connectivity index (χ0n) is 9.86. The Hall–Kier alpha value is -1.03. The highest BCUT2D eigenvalue weighted by Crippen LogP contribution is 2.34. The Kier molecular flexibility index (Phi) is 4.27. The van der Waals surface area contributed by atoms with Crippen molar-refractivity contribution in [2.75, 3.05) is 0 Å². The van der Waals surface area contributed by atoms with E-state index < -0.39 is 0 Å². The lowest BCUT2D eigenvalue weighted by molar-refractivity contribution is 0.585. The third-order valence-corrected chi connectivity index (χ3v) is 3.85. The molecule has 1 unspecified atom stereocenters. The van der Waals surface area contributed by atoms with Gasteiger partial charge in [0.1, 0.15) is 5.82 Å². The van der Waals surface area contributed by atoms with Crippen molar-refractivity contribution in [1.29, 1.82) is 0 Å². The summed E-state index contributed by atoms with van der Waals surface area (Å²) in [6, 6.07) is 12.1. The quantitative estimate of drug-likeness (QED) is 0.886. The highest BCUT2D eigenvalue weighted by atomic mass is 35.5. The van der Waals surface area contributed by atoms with Crippen molar-refractivity contribution in [1.82, 2.24) is 0 Å². The molecule has 2 aromatic rings. The number of nitrogens with two attached hydrogens (primary N) is 1. The van der Waals surface area contributed by atoms with Crippen LogP contribution in [0.25, 0.3) is 0 Å². The van der Waals surface area contributed by atoms with Crippen LogP contribution in [0.4, 0.5) is 4.39 Å². The van der Waals surface area contributed by atoms with Crippen LogP contribution in [0.5, 0.6) is 0 Å². The Bertz CT molecular complexity index is 540. The van der Waals surface area contributed by atoms with Crippen LogP contribution in [0, 0.1) is 5.82 Å². The maximum atomic E-state index is 13.8. The number of rotatable bonds is 3. The zero-order chi connectivity index (χ0) is 13.1. The average molecular weight is 282 g/mol. The van der Waals surface area contributed by atoms with Crippen LogP contribution < -0.4 is 5.73 Å². The van der Waals surface area contributed by atoms with Gasteiger partial charge in [-0.2, -0.15) is 0 Å². The first-order valence-corrected chi connectivity index (χ1v) is 6.75. The summed E-state index contributed by atoms with van der Waals surface area (Å²) in [6.45, 7) is 1.78. The van der Waals surface area contributed by atoms with Crippen LogP contribution in [-0.4, -0.2) is 0 Å². The van der Waals surface area contributed by atoms with Crippen molar-refractivity contribution in [3.05, 3.63) is 58.9 Å². The Balaban J connectivity index is 2.34. The summed E-state index contributed by atoms with van der Waals surface area (Å²) in [5.74, 6) is -0.260. The van der Waals surface area contributed by atoms with Crippen molar-refractivity contribution < 1.29 is 4.39 Å². The molecule has 0 radical (unpaired) electrons. The van der Waals surface area contributed by atoms with Gasteiger partial charge in [-0.05, 0) is 43.3 Å². The molecular formula is C14H13ClFNS. The normalized spacial score (nSPS) is 12.4. The summed E-state index contributed by atoms with van der Waals surface area (Å²) in [4.78, 5) is 1.85. The molecule has 0 aliphatic heterocycles. The fourth-order valence-electron chi connectivity index (χ4n) is 1.68. The molecule has 0 bridgehead atoms. The second kappa shape index (κ2) is 5.74. The minimum Gasteiger partial charge on any atom is -0.324 e. The molecule has 0 saturated carbocycles. The summed E-state index contributed by atoms with van der Waals surface area (Å²) in [5.41, 5.74) is 6.37. The lowest BCUT2D eigenvalue weighted by Crippen LogP contribution is -2.08. The molecule has 0 saturated heterocycles. The van der Waals surface area contributed by atoms with E-state index in [1.807, 2.05) is 30.3 Å². The Morgan fingerprint density at radius 3 is 2.44 bits per heavy atom. The summed E-state index contributed by atoms with van der Waals surface area (Å²) in [5, 5.41) is 0.686. The number of halogens is 2. The van der Waals surface area contributed by atoms with Crippen molar-refractivity contribution in [2.24, 2.45) is 5.73 Å². The van der Waals surface area contributed by atoms with E-state index in [1.165, 1.54) is 17.8 Å². The van der Waals surface area contributed by atoms with Gasteiger partial charge < -0.3 is 5.73 Å². The van der Waals surface area contributed by atoms with E-state index in [1.54, 1.807) is 13.0 Å². The zero-order valence-corrected chi connectivity index (χ0v) is 11.4. The van der Waals surface area contributed by atoms with Gasteiger partial charge in [0, 0.05) is 26.4 Å². The van der Waals surface area contributed by atoms with Gasteiger partial charge in [-0.15, -0.1) is 0 Å². The SMILES string of the molecule is CC(N)c1c(F)cccc1Sc1ccc(Cl)cc1. The molecule has 2 aromatic carbocycles. The summed E-state index contributed by atoms with van der Waals surface area (Å²) in [6.07, 6.45) is 0. The molecule has 4 heteroatoms. The Morgan fingerprint density at radius 1 is 1.17 bits per heavy atom. The first-order chi connectivity index (χ1) is 8.58. The van der Waals surface area contributed by atoms with E-state index >= 15 is 0 Å². The van der Waals surface area contributed by atoms with Gasteiger partial charge in [0.05, 0.1) is 0 Å². The van der Waals surface area contributed by atoms with Crippen molar-refractivity contribution in [2.45, 2.75) is 22.8 Å². The minimum atomic E-state index is -0.332. The number of hydrogen-bond acceptors (Lipinski definition) is 2. The van der Waals surface area contributed by atoms with Crippen molar-refractivity contribution in [3.63, 3.8) is 0 Å². The molecule has 2 rings (SSSR count). The van der Waals surface area contributed by atoms with Crippen LogP contribution >= 0.6 is 23.4 Å². The predicted molar refractivity (Wildman–Crippen MR) is 74.6 cm³/mol. The number of hydrogen-bond donors (Lipinski definition) is 1. The largest absolute Gasteiger partial charge is 0.324 e. The van der Waals surface area contributed by atoms with Crippen LogP contribution in [-0.2, 0) is 0 Å². The van der Waals surface area contributed by atoms with E-state index in [-0.39, 0.29) is 11.9 Å². The van der Waals surface area contributed by atoms with Gasteiger partial charge in [-0.3, -0.25) is 0 Å². The third kappa shape index (κ3) is 3.05. The molecule has 0 fully saturated rings. The van der Waals surface area contributed by atoms with E-state index in [2.05, 4.69) is 0 Å². The Morgan fingerprint density at radius 2 is 1.83 bits per heavy atom. The van der Waals surface area contributed by atoms with Crippen LogP contribution in [0.15, 0.2) is 52.3 Å². The molecule has 2 N–H and O–H groups in total. The van der Waals surface area contributed by atoms with Gasteiger partial charge in [-0.1, -0.05) is 29.4 Å². The topological polar surface area (TPSA) is 26.0 Å². The second-order valence-electron chi connectivity index (χ2n) is 4.00. The first-order valence-electron chi connectivity index (χ1n) is 5.55. The minimum absolute atomic E-state index is 0.260. The molecule has 1 atom stereocenters. The molecule has 0 aliphatic rings. The molecule has 0 heterocycles. The maximum Gasteiger partial charge on any atom is 0.129 e. The van der Waals surface area contributed by atoms with Gasteiger partial charge in [0.2, 0.25) is 0 Å². The molecule has 1 nitrogen and oxygen atoms in total. The molecule has 0 amide bonds. The fraction of sp³-hybridized carbons (Fsp3) is 0.143. The summed E-state index contributed by atoms with van der Waals surface area (Å²) in [7, 11) is 0. The first kappa shape index (κ1) is 13.4. The molecule has 94 valence electrons. The van der Waals surface area contributed by atoms with Gasteiger partial charge >= 0.3 is 0 Å². The molecule has 0 spiro atoms. The van der Waals surface area contributed by atoms with Gasteiger partial charge in [0.25, 0.3) is 0 Å². The predicted octanol–water partition coefficient (Wildman–Crippen LogP) is 4.65. The van der Waals surface area contributed by atoms with E-state index in [4.69, 9.17) is 17.3 Å². The second-order valence-corrected chi connectivity index (χ2v) is 5.55. The van der Waals surface area contributed by atoms with Crippen molar-refractivity contribution >= 4 is 23.4 Å². The van der Waals surface area contributed by atoms with E-state index in [0.717, 1.165) is 9.79 Å². The standard InChI is InChI=1S/C14H13ClFNS/c1-9(17)14-12(16)3-2-4-13(14)18-11-7-5-10(15)6-8-11/h2-9H,17H2,1H3. The van der Waals surface area contributed by atoms with E-state index in [0.29, 0.717) is 10.6 Å². The lowest BCUT2D eigenvalue weighted by atomic mass is 10.1. The third-order valence-electron chi connectivity index (χ3n) is 2.51. The molecule has 18 heavy (non-hydrogen) atoms. The van der Waals surface area contributed by atoms with Gasteiger partial charge in [0.15, 0.2) is 0 Å². The van der Waals surface area contributed by atoms with Crippen LogP contribution in [0.2, 0.25) is 5.02 Å². The fourth-order valence-corrected chi connectivity index (χ4v) is 2.87. The van der Waals surface area contributed by atoms with Crippen molar-refractivity contribution in [3.8, 4) is 0 Å². The lowest BCUT2D eigenvalue weighted by Gasteiger charge is -2.13. The Labute approximate surface area is 115 Å². The maximum absolute atomic E-state index is 13.8.